The van der Waals surface area contributed by atoms with Crippen LogP contribution in [0.1, 0.15) is 55.7 Å². The number of likely N-dealkylation sites (tertiary alicyclic amines) is 1. The fourth-order valence-electron chi connectivity index (χ4n) is 2.79. The molecule has 1 aliphatic heterocycles. The van der Waals surface area contributed by atoms with Crippen LogP contribution < -0.4 is 0 Å². The summed E-state index contributed by atoms with van der Waals surface area (Å²) < 4.78 is 4.61. The van der Waals surface area contributed by atoms with Crippen molar-refractivity contribution in [2.24, 2.45) is 0 Å². The largest absolute Gasteiger partial charge is 0.469 e. The van der Waals surface area contributed by atoms with Gasteiger partial charge in [0.05, 0.1) is 7.11 Å². The van der Waals surface area contributed by atoms with E-state index in [-0.39, 0.29) is 5.97 Å². The van der Waals surface area contributed by atoms with E-state index in [9.17, 15) is 4.79 Å². The minimum Gasteiger partial charge on any atom is -0.469 e. The Morgan fingerprint density at radius 2 is 2.32 bits per heavy atom. The molecule has 0 N–H and O–H groups in total. The maximum absolute atomic E-state index is 11.0. The lowest BCUT2D eigenvalue weighted by atomic mass is 10.1. The average Bonchev–Trinajstić information content (AvgIpc) is 2.97. The van der Waals surface area contributed by atoms with Crippen LogP contribution in [0, 0.1) is 11.8 Å². The summed E-state index contributed by atoms with van der Waals surface area (Å²) in [4.78, 5) is 17.7. The van der Waals surface area contributed by atoms with E-state index in [1.807, 2.05) is 12.4 Å². The topological polar surface area (TPSA) is 42.4 Å². The zero-order chi connectivity index (χ0) is 15.8. The molecule has 22 heavy (non-hydrogen) atoms. The second-order valence-electron chi connectivity index (χ2n) is 5.73. The predicted molar refractivity (Wildman–Crippen MR) is 86.2 cm³/mol. The fraction of sp³-hybridized carbons (Fsp3) is 0.556. The summed E-state index contributed by atoms with van der Waals surface area (Å²) in [6.07, 6.45) is 9.23. The second-order valence-corrected chi connectivity index (χ2v) is 5.73. The number of carbonyl (C=O) groups is 1. The van der Waals surface area contributed by atoms with Crippen molar-refractivity contribution in [1.29, 1.82) is 0 Å². The smallest absolute Gasteiger partial charge is 0.305 e. The first-order valence-corrected chi connectivity index (χ1v) is 7.91. The van der Waals surface area contributed by atoms with Gasteiger partial charge in [-0.3, -0.25) is 14.7 Å². The van der Waals surface area contributed by atoms with Gasteiger partial charge in [-0.25, -0.2) is 0 Å². The molecule has 0 amide bonds. The molecular weight excluding hydrogens is 276 g/mol. The normalized spacial score (nSPS) is 17.8. The number of carbonyl (C=O) groups excluding carboxylic acids is 1. The molecule has 0 aromatic carbocycles. The Balaban J connectivity index is 1.83. The number of rotatable bonds is 5. The van der Waals surface area contributed by atoms with Crippen LogP contribution in [0.2, 0.25) is 0 Å². The SMILES string of the molecule is COC(=O)CCCCC#Cc1cncc(C2CCCN2C)c1. The van der Waals surface area contributed by atoms with Crippen molar-refractivity contribution in [3.63, 3.8) is 0 Å². The molecule has 0 spiro atoms. The lowest BCUT2D eigenvalue weighted by Crippen LogP contribution is -2.17. The highest BCUT2D eigenvalue weighted by Crippen LogP contribution is 2.29. The predicted octanol–water partition coefficient (Wildman–Crippen LogP) is 2.93. The van der Waals surface area contributed by atoms with Gasteiger partial charge in [-0.15, -0.1) is 0 Å². The Kier molecular flexibility index (Phi) is 6.42. The second kappa shape index (κ2) is 8.55. The molecule has 2 rings (SSSR count). The molecule has 2 heterocycles. The van der Waals surface area contributed by atoms with Crippen molar-refractivity contribution in [3.8, 4) is 11.8 Å². The molecule has 0 aliphatic carbocycles. The standard InChI is InChI=1S/C18H24N2O2/c1-20-11-7-9-17(20)16-12-15(13-19-14-16)8-5-3-4-6-10-18(21)22-2/h12-14,17H,3-4,6-7,9-11H2,1-2H3. The molecule has 0 radical (unpaired) electrons. The van der Waals surface area contributed by atoms with E-state index < -0.39 is 0 Å². The van der Waals surface area contributed by atoms with Crippen molar-refractivity contribution < 1.29 is 9.53 Å². The van der Waals surface area contributed by atoms with E-state index in [0.717, 1.165) is 31.4 Å². The van der Waals surface area contributed by atoms with Gasteiger partial charge >= 0.3 is 5.97 Å². The molecule has 0 bridgehead atoms. The Bertz CT molecular complexity index is 560. The first kappa shape index (κ1) is 16.5. The molecule has 1 unspecified atom stereocenters. The summed E-state index contributed by atoms with van der Waals surface area (Å²) in [7, 11) is 3.58. The van der Waals surface area contributed by atoms with E-state index >= 15 is 0 Å². The van der Waals surface area contributed by atoms with E-state index in [4.69, 9.17) is 0 Å². The summed E-state index contributed by atoms with van der Waals surface area (Å²) >= 11 is 0. The molecular formula is C18H24N2O2. The van der Waals surface area contributed by atoms with Crippen LogP contribution in [-0.4, -0.2) is 36.6 Å². The van der Waals surface area contributed by atoms with E-state index in [1.165, 1.54) is 25.5 Å². The first-order chi connectivity index (χ1) is 10.7. The average molecular weight is 300 g/mol. The number of ether oxygens (including phenoxy) is 1. The van der Waals surface area contributed by atoms with Crippen molar-refractivity contribution in [3.05, 3.63) is 29.6 Å². The van der Waals surface area contributed by atoms with Crippen molar-refractivity contribution in [2.75, 3.05) is 20.7 Å². The number of pyridine rings is 1. The number of hydrogen-bond acceptors (Lipinski definition) is 4. The summed E-state index contributed by atoms with van der Waals surface area (Å²) in [5.74, 6) is 6.20. The van der Waals surface area contributed by atoms with E-state index in [0.29, 0.717) is 12.5 Å². The highest BCUT2D eigenvalue weighted by Gasteiger charge is 2.22. The van der Waals surface area contributed by atoms with Gasteiger partial charge in [-0.1, -0.05) is 11.8 Å². The number of methoxy groups -OCH3 is 1. The van der Waals surface area contributed by atoms with Crippen LogP contribution >= 0.6 is 0 Å². The van der Waals surface area contributed by atoms with Crippen LogP contribution in [0.15, 0.2) is 18.5 Å². The van der Waals surface area contributed by atoms with Crippen LogP contribution in [0.5, 0.6) is 0 Å². The minimum atomic E-state index is -0.148. The number of aromatic nitrogens is 1. The first-order valence-electron chi connectivity index (χ1n) is 7.91. The van der Waals surface area contributed by atoms with E-state index in [2.05, 4.69) is 39.6 Å². The van der Waals surface area contributed by atoms with Gasteiger partial charge in [0, 0.05) is 36.8 Å². The maximum atomic E-state index is 11.0. The fourth-order valence-corrected chi connectivity index (χ4v) is 2.79. The van der Waals surface area contributed by atoms with Gasteiger partial charge in [-0.05, 0) is 50.9 Å². The summed E-state index contributed by atoms with van der Waals surface area (Å²) in [5, 5.41) is 0. The Morgan fingerprint density at radius 1 is 1.45 bits per heavy atom. The van der Waals surface area contributed by atoms with Crippen molar-refractivity contribution in [1.82, 2.24) is 9.88 Å². The summed E-state index contributed by atoms with van der Waals surface area (Å²) in [6, 6.07) is 2.63. The van der Waals surface area contributed by atoms with Gasteiger partial charge in [0.2, 0.25) is 0 Å². The Hall–Kier alpha value is -1.86. The molecule has 1 saturated heterocycles. The Labute approximate surface area is 132 Å². The van der Waals surface area contributed by atoms with Crippen LogP contribution in [0.3, 0.4) is 0 Å². The van der Waals surface area contributed by atoms with Gasteiger partial charge < -0.3 is 4.74 Å². The van der Waals surface area contributed by atoms with Crippen LogP contribution in [-0.2, 0) is 9.53 Å². The Morgan fingerprint density at radius 3 is 3.05 bits per heavy atom. The summed E-state index contributed by atoms with van der Waals surface area (Å²) in [5.41, 5.74) is 2.24. The van der Waals surface area contributed by atoms with Gasteiger partial charge in [0.25, 0.3) is 0 Å². The maximum Gasteiger partial charge on any atom is 0.305 e. The molecule has 1 aliphatic rings. The number of hydrogen-bond donors (Lipinski definition) is 0. The molecule has 1 fully saturated rings. The van der Waals surface area contributed by atoms with Crippen molar-refractivity contribution >= 4 is 5.97 Å². The molecule has 1 atom stereocenters. The molecule has 118 valence electrons. The number of esters is 1. The molecule has 0 saturated carbocycles. The molecule has 4 heteroatoms. The molecule has 1 aromatic rings. The number of nitrogens with zero attached hydrogens (tertiary/aromatic N) is 2. The summed E-state index contributed by atoms with van der Waals surface area (Å²) in [6.45, 7) is 1.15. The highest BCUT2D eigenvalue weighted by molar-refractivity contribution is 5.68. The zero-order valence-electron chi connectivity index (χ0n) is 13.5. The third-order valence-electron chi connectivity index (χ3n) is 4.06. The monoisotopic (exact) mass is 300 g/mol. The third kappa shape index (κ3) is 4.85. The van der Waals surface area contributed by atoms with Gasteiger partial charge in [0.1, 0.15) is 0 Å². The molecule has 1 aromatic heterocycles. The highest BCUT2D eigenvalue weighted by atomic mass is 16.5. The lowest BCUT2D eigenvalue weighted by Gasteiger charge is -2.19. The number of unbranched alkanes of at least 4 members (excludes halogenated alkanes) is 2. The zero-order valence-corrected chi connectivity index (χ0v) is 13.5. The third-order valence-corrected chi connectivity index (χ3v) is 4.06. The molecule has 4 nitrogen and oxygen atoms in total. The lowest BCUT2D eigenvalue weighted by molar-refractivity contribution is -0.140. The quantitative estimate of drug-likeness (QED) is 0.476. The van der Waals surface area contributed by atoms with Crippen molar-refractivity contribution in [2.45, 2.75) is 44.6 Å². The van der Waals surface area contributed by atoms with Gasteiger partial charge in [0.15, 0.2) is 0 Å². The van der Waals surface area contributed by atoms with Gasteiger partial charge in [-0.2, -0.15) is 0 Å². The van der Waals surface area contributed by atoms with Crippen LogP contribution in [0.25, 0.3) is 0 Å². The minimum absolute atomic E-state index is 0.148. The van der Waals surface area contributed by atoms with E-state index in [1.54, 1.807) is 0 Å². The van der Waals surface area contributed by atoms with Crippen LogP contribution in [0.4, 0.5) is 0 Å².